The number of hydrazone groups is 1. The Morgan fingerprint density at radius 1 is 1.00 bits per heavy atom. The Morgan fingerprint density at radius 2 is 1.70 bits per heavy atom. The van der Waals surface area contributed by atoms with Crippen molar-refractivity contribution in [3.05, 3.63) is 82.9 Å². The van der Waals surface area contributed by atoms with E-state index in [0.29, 0.717) is 5.02 Å². The van der Waals surface area contributed by atoms with E-state index in [1.165, 1.54) is 5.56 Å². The predicted molar refractivity (Wildman–Crippen MR) is 114 cm³/mol. The van der Waals surface area contributed by atoms with Gasteiger partial charge in [0.05, 0.1) is 16.4 Å². The second-order valence-corrected chi connectivity index (χ2v) is 7.45. The molecule has 27 heavy (non-hydrogen) atoms. The summed E-state index contributed by atoms with van der Waals surface area (Å²) < 4.78 is 6.93. The molecule has 3 aromatic carbocycles. The molecule has 6 heteroatoms. The van der Waals surface area contributed by atoms with Gasteiger partial charge in [-0.25, -0.2) is 4.98 Å². The predicted octanol–water partition coefficient (Wildman–Crippen LogP) is 6.50. The smallest absolute Gasteiger partial charge is 0.204 e. The molecule has 4 rings (SSSR count). The average Bonchev–Trinajstić information content (AvgIpc) is 3.07. The summed E-state index contributed by atoms with van der Waals surface area (Å²) in [6, 6.07) is 21.2. The molecule has 0 aliphatic heterocycles. The second kappa shape index (κ2) is 7.78. The first kappa shape index (κ1) is 17.5. The van der Waals surface area contributed by atoms with Crippen molar-refractivity contribution >= 4 is 44.5 Å². The monoisotopic (exact) mass is 393 g/mol. The first-order valence-electron chi connectivity index (χ1n) is 8.35. The Kier molecular flexibility index (Phi) is 5.05. The number of aryl methyl sites for hydroxylation is 1. The number of halogens is 1. The summed E-state index contributed by atoms with van der Waals surface area (Å²) in [5.74, 6) is 1.50. The summed E-state index contributed by atoms with van der Waals surface area (Å²) in [5.41, 5.74) is 6.16. The van der Waals surface area contributed by atoms with Crippen LogP contribution < -0.4 is 10.2 Å². The van der Waals surface area contributed by atoms with Gasteiger partial charge in [-0.15, -0.1) is 0 Å². The standard InChI is InChI=1S/C21H16ClN3OS/c1-14-2-11-19-20(12-14)27-21(24-19)25-23-13-15-3-7-17(8-4-15)26-18-9-5-16(22)6-10-18/h2-13H,1H3,(H,24,25)/b23-13-. The molecule has 4 nitrogen and oxygen atoms in total. The first-order valence-corrected chi connectivity index (χ1v) is 9.55. The highest BCUT2D eigenvalue weighted by atomic mass is 35.5. The quantitative estimate of drug-likeness (QED) is 0.311. The van der Waals surface area contributed by atoms with Crippen LogP contribution in [-0.4, -0.2) is 11.2 Å². The largest absolute Gasteiger partial charge is 0.457 e. The summed E-state index contributed by atoms with van der Waals surface area (Å²) in [5, 5.41) is 5.73. The van der Waals surface area contributed by atoms with Crippen LogP contribution in [0.15, 0.2) is 71.8 Å². The van der Waals surface area contributed by atoms with Crippen molar-refractivity contribution < 1.29 is 4.74 Å². The third kappa shape index (κ3) is 4.45. The van der Waals surface area contributed by atoms with Crippen LogP contribution in [0.2, 0.25) is 5.02 Å². The van der Waals surface area contributed by atoms with Crippen LogP contribution in [0.4, 0.5) is 5.13 Å². The molecule has 0 saturated heterocycles. The van der Waals surface area contributed by atoms with E-state index < -0.39 is 0 Å². The lowest BCUT2D eigenvalue weighted by Gasteiger charge is -2.05. The van der Waals surface area contributed by atoms with E-state index in [-0.39, 0.29) is 0 Å². The number of anilines is 1. The van der Waals surface area contributed by atoms with Gasteiger partial charge in [0.1, 0.15) is 11.5 Å². The topological polar surface area (TPSA) is 46.5 Å². The van der Waals surface area contributed by atoms with Gasteiger partial charge < -0.3 is 4.74 Å². The van der Waals surface area contributed by atoms with Gasteiger partial charge in [0.2, 0.25) is 5.13 Å². The number of nitrogens with zero attached hydrogens (tertiary/aromatic N) is 2. The highest BCUT2D eigenvalue weighted by Crippen LogP contribution is 2.26. The molecule has 0 aliphatic rings. The summed E-state index contributed by atoms with van der Waals surface area (Å²) >= 11 is 7.46. The van der Waals surface area contributed by atoms with Gasteiger partial charge in [-0.2, -0.15) is 5.10 Å². The molecule has 0 unspecified atom stereocenters. The van der Waals surface area contributed by atoms with E-state index in [0.717, 1.165) is 32.4 Å². The van der Waals surface area contributed by atoms with Crippen molar-refractivity contribution in [3.63, 3.8) is 0 Å². The number of fused-ring (bicyclic) bond motifs is 1. The highest BCUT2D eigenvalue weighted by Gasteiger charge is 2.02. The summed E-state index contributed by atoms with van der Waals surface area (Å²) in [4.78, 5) is 4.52. The van der Waals surface area contributed by atoms with Crippen molar-refractivity contribution in [2.45, 2.75) is 6.92 Å². The summed E-state index contributed by atoms with van der Waals surface area (Å²) in [6.45, 7) is 2.07. The molecular weight excluding hydrogens is 378 g/mol. The fraction of sp³-hybridized carbons (Fsp3) is 0.0476. The molecule has 0 aliphatic carbocycles. The number of aromatic nitrogens is 1. The van der Waals surface area contributed by atoms with E-state index in [1.54, 1.807) is 29.7 Å². The number of hydrogen-bond donors (Lipinski definition) is 1. The van der Waals surface area contributed by atoms with Crippen molar-refractivity contribution in [2.75, 3.05) is 5.43 Å². The molecule has 0 radical (unpaired) electrons. The lowest BCUT2D eigenvalue weighted by molar-refractivity contribution is 0.482. The normalized spacial score (nSPS) is 11.2. The zero-order valence-corrected chi connectivity index (χ0v) is 16.1. The lowest BCUT2D eigenvalue weighted by Crippen LogP contribution is -1.90. The SMILES string of the molecule is Cc1ccc2nc(N/N=C\c3ccc(Oc4ccc(Cl)cc4)cc3)sc2c1. The number of nitrogens with one attached hydrogen (secondary N) is 1. The molecule has 0 fully saturated rings. The minimum Gasteiger partial charge on any atom is -0.457 e. The van der Waals surface area contributed by atoms with Gasteiger partial charge in [0, 0.05) is 5.02 Å². The van der Waals surface area contributed by atoms with Gasteiger partial charge in [-0.3, -0.25) is 5.43 Å². The maximum atomic E-state index is 5.88. The maximum absolute atomic E-state index is 5.88. The minimum absolute atomic E-state index is 0.685. The fourth-order valence-electron chi connectivity index (χ4n) is 2.50. The molecule has 1 N–H and O–H groups in total. The Balaban J connectivity index is 1.39. The molecule has 0 bridgehead atoms. The number of hydrogen-bond acceptors (Lipinski definition) is 5. The van der Waals surface area contributed by atoms with Crippen molar-refractivity contribution in [2.24, 2.45) is 5.10 Å². The third-order valence-corrected chi connectivity index (χ3v) is 5.02. The first-order chi connectivity index (χ1) is 13.2. The maximum Gasteiger partial charge on any atom is 0.204 e. The van der Waals surface area contributed by atoms with Gasteiger partial charge in [0.25, 0.3) is 0 Å². The molecule has 0 saturated carbocycles. The molecule has 0 spiro atoms. The molecule has 4 aromatic rings. The van der Waals surface area contributed by atoms with E-state index in [9.17, 15) is 0 Å². The molecule has 1 aromatic heterocycles. The van der Waals surface area contributed by atoms with Gasteiger partial charge in [-0.1, -0.05) is 29.0 Å². The van der Waals surface area contributed by atoms with Crippen LogP contribution in [0.5, 0.6) is 11.5 Å². The van der Waals surface area contributed by atoms with E-state index in [4.69, 9.17) is 16.3 Å². The van der Waals surface area contributed by atoms with Crippen LogP contribution >= 0.6 is 22.9 Å². The van der Waals surface area contributed by atoms with Gasteiger partial charge >= 0.3 is 0 Å². The molecule has 134 valence electrons. The zero-order chi connectivity index (χ0) is 18.6. The van der Waals surface area contributed by atoms with Crippen LogP contribution in [-0.2, 0) is 0 Å². The Labute approximate surface area is 166 Å². The number of ether oxygens (including phenoxy) is 1. The molecular formula is C21H16ClN3OS. The summed E-state index contributed by atoms with van der Waals surface area (Å²) in [6.07, 6.45) is 1.75. The summed E-state index contributed by atoms with van der Waals surface area (Å²) in [7, 11) is 0. The highest BCUT2D eigenvalue weighted by molar-refractivity contribution is 7.22. The van der Waals surface area contributed by atoms with Crippen LogP contribution in [0, 0.1) is 6.92 Å². The molecule has 0 amide bonds. The molecule has 0 atom stereocenters. The zero-order valence-electron chi connectivity index (χ0n) is 14.5. The number of benzene rings is 3. The van der Waals surface area contributed by atoms with Crippen LogP contribution in [0.1, 0.15) is 11.1 Å². The van der Waals surface area contributed by atoms with Crippen molar-refractivity contribution in [1.82, 2.24) is 4.98 Å². The lowest BCUT2D eigenvalue weighted by atomic mass is 10.2. The van der Waals surface area contributed by atoms with Crippen molar-refractivity contribution in [1.29, 1.82) is 0 Å². The Hall–Kier alpha value is -2.89. The number of thiazole rings is 1. The van der Waals surface area contributed by atoms with E-state index >= 15 is 0 Å². The van der Waals surface area contributed by atoms with Gasteiger partial charge in [0.15, 0.2) is 0 Å². The van der Waals surface area contributed by atoms with Crippen molar-refractivity contribution in [3.8, 4) is 11.5 Å². The van der Waals surface area contributed by atoms with E-state index in [2.05, 4.69) is 34.6 Å². The average molecular weight is 394 g/mol. The van der Waals surface area contributed by atoms with Gasteiger partial charge in [-0.05, 0) is 78.7 Å². The minimum atomic E-state index is 0.685. The Morgan fingerprint density at radius 3 is 2.44 bits per heavy atom. The Bertz CT molecular complexity index is 1090. The molecule has 1 heterocycles. The van der Waals surface area contributed by atoms with E-state index in [1.807, 2.05) is 42.5 Å². The number of rotatable bonds is 5. The van der Waals surface area contributed by atoms with Crippen LogP contribution in [0.25, 0.3) is 10.2 Å². The third-order valence-electron chi connectivity index (χ3n) is 3.85. The fourth-order valence-corrected chi connectivity index (χ4v) is 3.54. The second-order valence-electron chi connectivity index (χ2n) is 5.99. The van der Waals surface area contributed by atoms with Crippen LogP contribution in [0.3, 0.4) is 0 Å².